The lowest BCUT2D eigenvalue weighted by molar-refractivity contribution is -0.137. The van der Waals surface area contributed by atoms with Crippen LogP contribution in [0.4, 0.5) is 13.2 Å². The van der Waals surface area contributed by atoms with Gasteiger partial charge < -0.3 is 4.52 Å². The quantitative estimate of drug-likeness (QED) is 0.730. The van der Waals surface area contributed by atoms with Crippen LogP contribution < -0.4 is 0 Å². The number of hydrogen-bond donors (Lipinski definition) is 0. The van der Waals surface area contributed by atoms with E-state index in [0.717, 1.165) is 31.7 Å². The molecule has 0 radical (unpaired) electrons. The fourth-order valence-electron chi connectivity index (χ4n) is 2.93. The first-order valence-corrected chi connectivity index (χ1v) is 9.72. The topological polar surface area (TPSA) is 56.0 Å². The van der Waals surface area contributed by atoms with Crippen LogP contribution in [-0.2, 0) is 28.5 Å². The summed E-state index contributed by atoms with van der Waals surface area (Å²) in [6.45, 7) is 0. The predicted octanol–water partition coefficient (Wildman–Crippen LogP) is 4.85. The molecule has 0 aliphatic heterocycles. The fraction of sp³-hybridized carbons (Fsp3) is 0.500. The van der Waals surface area contributed by atoms with E-state index < -0.39 is 22.5 Å². The van der Waals surface area contributed by atoms with Gasteiger partial charge in [-0.05, 0) is 30.5 Å². The molecule has 136 valence electrons. The van der Waals surface area contributed by atoms with E-state index in [1.807, 2.05) is 0 Å². The maximum absolute atomic E-state index is 12.9. The van der Waals surface area contributed by atoms with Crippen LogP contribution in [0.15, 0.2) is 22.7 Å². The number of nitrogens with zero attached hydrogens (tertiary/aromatic N) is 2. The Balaban J connectivity index is 1.65. The zero-order valence-corrected chi connectivity index (χ0v) is 14.8. The Morgan fingerprint density at radius 1 is 1.24 bits per heavy atom. The molecule has 4 nitrogen and oxygen atoms in total. The molecule has 0 amide bonds. The number of aromatic nitrogens is 2. The highest BCUT2D eigenvalue weighted by molar-refractivity contribution is 7.83. The van der Waals surface area contributed by atoms with E-state index in [1.54, 1.807) is 0 Å². The molecule has 1 aromatic heterocycles. The van der Waals surface area contributed by atoms with Gasteiger partial charge in [0.25, 0.3) is 0 Å². The first kappa shape index (κ1) is 18.4. The third-order valence-corrected chi connectivity index (χ3v) is 5.71. The van der Waals surface area contributed by atoms with Crippen LogP contribution >= 0.6 is 11.6 Å². The van der Waals surface area contributed by atoms with E-state index >= 15 is 0 Å². The summed E-state index contributed by atoms with van der Waals surface area (Å²) in [6.07, 6.45) is -0.228. The molecule has 1 heterocycles. The summed E-state index contributed by atoms with van der Waals surface area (Å²) in [6, 6.07) is 3.53. The van der Waals surface area contributed by atoms with Crippen LogP contribution in [0.3, 0.4) is 0 Å². The van der Waals surface area contributed by atoms with Crippen LogP contribution in [0.2, 0.25) is 5.02 Å². The van der Waals surface area contributed by atoms with Crippen LogP contribution in [-0.4, -0.2) is 14.3 Å². The van der Waals surface area contributed by atoms with Gasteiger partial charge in [-0.3, -0.25) is 4.21 Å². The van der Waals surface area contributed by atoms with Gasteiger partial charge in [0.1, 0.15) is 5.75 Å². The van der Waals surface area contributed by atoms with Gasteiger partial charge in [0, 0.05) is 22.5 Å². The van der Waals surface area contributed by atoms with Gasteiger partial charge in [-0.1, -0.05) is 35.7 Å². The third-order valence-electron chi connectivity index (χ3n) is 4.15. The maximum atomic E-state index is 12.9. The lowest BCUT2D eigenvalue weighted by Gasteiger charge is -2.10. The molecule has 0 N–H and O–H groups in total. The van der Waals surface area contributed by atoms with Crippen LogP contribution in [0.25, 0.3) is 0 Å². The average Bonchev–Trinajstić information content (AvgIpc) is 3.19. The van der Waals surface area contributed by atoms with Crippen molar-refractivity contribution < 1.29 is 21.9 Å². The third kappa shape index (κ3) is 4.61. The van der Waals surface area contributed by atoms with E-state index in [2.05, 4.69) is 10.1 Å². The van der Waals surface area contributed by atoms with Crippen LogP contribution in [0.5, 0.6) is 0 Å². The molecular formula is C16H16ClF3N2O2S. The second kappa shape index (κ2) is 7.45. The molecule has 1 saturated carbocycles. The SMILES string of the molecule is O=S(Cc1ccc(Cl)c(C(F)(F)F)c1)Cc1nc(C2CCCC2)no1. The molecule has 0 spiro atoms. The van der Waals surface area contributed by atoms with Crippen molar-refractivity contribution in [2.75, 3.05) is 0 Å². The Labute approximate surface area is 150 Å². The molecule has 3 rings (SSSR count). The summed E-state index contributed by atoms with van der Waals surface area (Å²) in [5.41, 5.74) is -0.629. The smallest absolute Gasteiger partial charge is 0.338 e. The van der Waals surface area contributed by atoms with Crippen molar-refractivity contribution in [2.45, 2.75) is 49.3 Å². The van der Waals surface area contributed by atoms with E-state index in [0.29, 0.717) is 11.4 Å². The summed E-state index contributed by atoms with van der Waals surface area (Å²) in [5.74, 6) is 1.16. The minimum absolute atomic E-state index is 0.0176. The minimum atomic E-state index is -4.54. The summed E-state index contributed by atoms with van der Waals surface area (Å²) >= 11 is 5.58. The Bertz CT molecular complexity index is 773. The molecule has 0 saturated heterocycles. The van der Waals surface area contributed by atoms with Crippen molar-refractivity contribution in [3.63, 3.8) is 0 Å². The first-order valence-electron chi connectivity index (χ1n) is 7.86. The van der Waals surface area contributed by atoms with Gasteiger partial charge in [-0.25, -0.2) is 0 Å². The zero-order valence-electron chi connectivity index (χ0n) is 13.2. The fourth-order valence-corrected chi connectivity index (χ4v) is 4.20. The number of benzene rings is 1. The van der Waals surface area contributed by atoms with E-state index in [1.165, 1.54) is 12.1 Å². The molecule has 1 aliphatic rings. The van der Waals surface area contributed by atoms with Gasteiger partial charge in [0.2, 0.25) is 5.89 Å². The molecule has 1 unspecified atom stereocenters. The molecular weight excluding hydrogens is 377 g/mol. The maximum Gasteiger partial charge on any atom is 0.417 e. The highest BCUT2D eigenvalue weighted by Crippen LogP contribution is 2.35. The normalized spacial score (nSPS) is 17.1. The van der Waals surface area contributed by atoms with Crippen molar-refractivity contribution in [1.82, 2.24) is 10.1 Å². The number of alkyl halides is 3. The molecule has 1 aromatic carbocycles. The summed E-state index contributed by atoms with van der Waals surface area (Å²) < 4.78 is 56.0. The number of hydrogen-bond acceptors (Lipinski definition) is 4. The average molecular weight is 393 g/mol. The Morgan fingerprint density at radius 3 is 2.64 bits per heavy atom. The van der Waals surface area contributed by atoms with Crippen molar-refractivity contribution in [3.05, 3.63) is 46.1 Å². The van der Waals surface area contributed by atoms with Gasteiger partial charge >= 0.3 is 6.18 Å². The molecule has 0 bridgehead atoms. The Kier molecular flexibility index (Phi) is 5.48. The van der Waals surface area contributed by atoms with Gasteiger partial charge in [-0.15, -0.1) is 0 Å². The lowest BCUT2D eigenvalue weighted by atomic mass is 10.1. The Morgan fingerprint density at radius 2 is 1.96 bits per heavy atom. The number of halogens is 4. The van der Waals surface area contributed by atoms with Crippen molar-refractivity contribution in [2.24, 2.45) is 0 Å². The molecule has 9 heteroatoms. The monoisotopic (exact) mass is 392 g/mol. The van der Waals surface area contributed by atoms with Crippen molar-refractivity contribution in [3.8, 4) is 0 Å². The predicted molar refractivity (Wildman–Crippen MR) is 87.5 cm³/mol. The lowest BCUT2D eigenvalue weighted by Crippen LogP contribution is -2.08. The van der Waals surface area contributed by atoms with Gasteiger partial charge in [0.15, 0.2) is 5.82 Å². The van der Waals surface area contributed by atoms with Crippen LogP contribution in [0, 0.1) is 0 Å². The number of rotatable bonds is 5. The van der Waals surface area contributed by atoms with Crippen LogP contribution in [0.1, 0.15) is 54.4 Å². The first-order chi connectivity index (χ1) is 11.8. The van der Waals surface area contributed by atoms with Gasteiger partial charge in [0.05, 0.1) is 10.6 Å². The van der Waals surface area contributed by atoms with Gasteiger partial charge in [-0.2, -0.15) is 18.2 Å². The highest BCUT2D eigenvalue weighted by Gasteiger charge is 2.33. The zero-order chi connectivity index (χ0) is 18.0. The summed E-state index contributed by atoms with van der Waals surface area (Å²) in [4.78, 5) is 4.27. The minimum Gasteiger partial charge on any atom is -0.338 e. The molecule has 2 aromatic rings. The van der Waals surface area contributed by atoms with E-state index in [9.17, 15) is 17.4 Å². The summed E-state index contributed by atoms with van der Waals surface area (Å²) in [5, 5.41) is 3.55. The molecule has 1 atom stereocenters. The largest absolute Gasteiger partial charge is 0.417 e. The molecule has 1 aliphatic carbocycles. The summed E-state index contributed by atoms with van der Waals surface area (Å²) in [7, 11) is -1.46. The highest BCUT2D eigenvalue weighted by atomic mass is 35.5. The second-order valence-electron chi connectivity index (χ2n) is 6.07. The van der Waals surface area contributed by atoms with Crippen molar-refractivity contribution >= 4 is 22.4 Å². The second-order valence-corrected chi connectivity index (χ2v) is 7.93. The standard InChI is InChI=1S/C16H16ClF3N2O2S/c17-13-6-5-10(7-12(13)16(18,19)20)8-25(23)9-14-21-15(22-24-14)11-3-1-2-4-11/h5-7,11H,1-4,8-9H2. The van der Waals surface area contributed by atoms with E-state index in [4.69, 9.17) is 16.1 Å². The molecule has 25 heavy (non-hydrogen) atoms. The molecule has 1 fully saturated rings. The van der Waals surface area contributed by atoms with Crippen molar-refractivity contribution in [1.29, 1.82) is 0 Å². The van der Waals surface area contributed by atoms with E-state index in [-0.39, 0.29) is 28.3 Å². The Hall–Kier alpha value is -1.41.